The van der Waals surface area contributed by atoms with Gasteiger partial charge in [-0.2, -0.15) is 13.2 Å². The lowest BCUT2D eigenvalue weighted by atomic mass is 10.0. The summed E-state index contributed by atoms with van der Waals surface area (Å²) in [6, 6.07) is 5.56. The molecule has 20 heavy (non-hydrogen) atoms. The maximum absolute atomic E-state index is 13.1. The van der Waals surface area contributed by atoms with Crippen LogP contribution in [-0.4, -0.2) is 29.7 Å². The molecule has 0 bridgehead atoms. The molecule has 1 saturated heterocycles. The van der Waals surface area contributed by atoms with Crippen LogP contribution in [0, 0.1) is 0 Å². The highest BCUT2D eigenvalue weighted by Crippen LogP contribution is 2.29. The highest BCUT2D eigenvalue weighted by Gasteiger charge is 2.45. The van der Waals surface area contributed by atoms with Gasteiger partial charge in [0.25, 0.3) is 0 Å². The number of hydrogen-bond acceptors (Lipinski definition) is 2. The van der Waals surface area contributed by atoms with Gasteiger partial charge in [0.1, 0.15) is 6.04 Å². The highest BCUT2D eigenvalue weighted by atomic mass is 79.9. The molecule has 110 valence electrons. The van der Waals surface area contributed by atoms with E-state index in [4.69, 9.17) is 0 Å². The number of hydrazine groups is 1. The first kappa shape index (κ1) is 15.3. The Morgan fingerprint density at radius 2 is 2.15 bits per heavy atom. The molecule has 7 heteroatoms. The molecule has 0 aliphatic carbocycles. The number of carbonyl (C=O) groups is 1. The summed E-state index contributed by atoms with van der Waals surface area (Å²) < 4.78 is 40.1. The number of amides is 1. The summed E-state index contributed by atoms with van der Waals surface area (Å²) in [7, 11) is 0. The number of benzene rings is 1. The zero-order valence-corrected chi connectivity index (χ0v) is 12.2. The van der Waals surface area contributed by atoms with Gasteiger partial charge in [-0.05, 0) is 30.5 Å². The Morgan fingerprint density at radius 3 is 2.70 bits per heavy atom. The zero-order chi connectivity index (χ0) is 14.8. The normalized spacial score (nSPS) is 18.1. The highest BCUT2D eigenvalue weighted by molar-refractivity contribution is 9.10. The quantitative estimate of drug-likeness (QED) is 0.905. The maximum Gasteiger partial charge on any atom is 0.405 e. The molecule has 1 aliphatic heterocycles. The smallest absolute Gasteiger partial charge is 0.288 e. The van der Waals surface area contributed by atoms with Crippen molar-refractivity contribution in [2.45, 2.75) is 31.5 Å². The molecule has 1 aromatic rings. The van der Waals surface area contributed by atoms with Crippen LogP contribution in [0.25, 0.3) is 0 Å². The number of hydrogen-bond donors (Lipinski definition) is 1. The van der Waals surface area contributed by atoms with Gasteiger partial charge in [0.05, 0.1) is 0 Å². The Morgan fingerprint density at radius 1 is 1.40 bits per heavy atom. The first-order valence-corrected chi connectivity index (χ1v) is 7.03. The lowest BCUT2D eigenvalue weighted by molar-refractivity contribution is -0.189. The molecule has 0 radical (unpaired) electrons. The molecule has 1 amide bonds. The molecule has 3 nitrogen and oxygen atoms in total. The van der Waals surface area contributed by atoms with Crippen molar-refractivity contribution in [3.8, 4) is 0 Å². The van der Waals surface area contributed by atoms with E-state index in [1.54, 1.807) is 18.2 Å². The third kappa shape index (κ3) is 3.96. The van der Waals surface area contributed by atoms with E-state index in [2.05, 4.69) is 21.4 Å². The number of carbonyl (C=O) groups excluding carboxylic acids is 1. The number of nitrogens with one attached hydrogen (secondary N) is 1. The number of halogens is 4. The van der Waals surface area contributed by atoms with Crippen molar-refractivity contribution in [2.75, 3.05) is 6.54 Å². The van der Waals surface area contributed by atoms with Crippen molar-refractivity contribution in [3.05, 3.63) is 34.3 Å². The van der Waals surface area contributed by atoms with Crippen molar-refractivity contribution in [3.63, 3.8) is 0 Å². The van der Waals surface area contributed by atoms with Crippen LogP contribution in [0.1, 0.15) is 18.4 Å². The number of aryl methyl sites for hydroxylation is 1. The van der Waals surface area contributed by atoms with Crippen molar-refractivity contribution in [1.82, 2.24) is 10.4 Å². The maximum atomic E-state index is 13.1. The second kappa shape index (κ2) is 6.13. The van der Waals surface area contributed by atoms with E-state index in [9.17, 15) is 18.0 Å². The molecule has 1 fully saturated rings. The number of rotatable bonds is 4. The molecule has 0 saturated carbocycles. The van der Waals surface area contributed by atoms with E-state index in [0.717, 1.165) is 15.0 Å². The van der Waals surface area contributed by atoms with Crippen molar-refractivity contribution < 1.29 is 18.0 Å². The Hall–Kier alpha value is -1.08. The minimum absolute atomic E-state index is 0.0831. The first-order chi connectivity index (χ1) is 9.36. The fraction of sp³-hybridized carbons (Fsp3) is 0.462. The van der Waals surface area contributed by atoms with Crippen molar-refractivity contribution in [1.29, 1.82) is 0 Å². The summed E-state index contributed by atoms with van der Waals surface area (Å²) in [5.74, 6) is -0.360. The Balaban J connectivity index is 2.03. The van der Waals surface area contributed by atoms with E-state index in [1.165, 1.54) is 0 Å². The molecule has 1 aliphatic rings. The van der Waals surface area contributed by atoms with Crippen molar-refractivity contribution >= 4 is 21.8 Å². The summed E-state index contributed by atoms with van der Waals surface area (Å²) in [5, 5.41) is 1.00. The van der Waals surface area contributed by atoms with Crippen LogP contribution in [0.4, 0.5) is 13.2 Å². The Bertz CT molecular complexity index is 493. The Kier molecular flexibility index (Phi) is 4.70. The molecule has 1 atom stereocenters. The molecule has 0 spiro atoms. The average Bonchev–Trinajstić information content (AvgIpc) is 2.74. The van der Waals surface area contributed by atoms with Gasteiger partial charge in [-0.3, -0.25) is 10.2 Å². The minimum Gasteiger partial charge on any atom is -0.288 e. The van der Waals surface area contributed by atoms with Gasteiger partial charge in [-0.25, -0.2) is 5.01 Å². The van der Waals surface area contributed by atoms with Crippen LogP contribution in [0.2, 0.25) is 0 Å². The fourth-order valence-electron chi connectivity index (χ4n) is 2.22. The minimum atomic E-state index is -4.36. The van der Waals surface area contributed by atoms with Gasteiger partial charge in [0.15, 0.2) is 0 Å². The van der Waals surface area contributed by atoms with Crippen LogP contribution >= 0.6 is 15.9 Å². The largest absolute Gasteiger partial charge is 0.405 e. The number of alkyl halides is 3. The number of nitrogens with zero attached hydrogens (tertiary/aromatic N) is 1. The van der Waals surface area contributed by atoms with Crippen molar-refractivity contribution in [2.24, 2.45) is 0 Å². The SMILES string of the molecule is O=C1CCN([C@@H](CCc2cccc(Br)c2)C(F)(F)F)N1. The van der Waals surface area contributed by atoms with Gasteiger partial charge in [-0.1, -0.05) is 28.1 Å². The van der Waals surface area contributed by atoms with Crippen LogP contribution in [0.3, 0.4) is 0 Å². The lowest BCUT2D eigenvalue weighted by Gasteiger charge is -2.28. The monoisotopic (exact) mass is 350 g/mol. The van der Waals surface area contributed by atoms with Gasteiger partial charge < -0.3 is 0 Å². The molecular formula is C13H14BrF3N2O. The van der Waals surface area contributed by atoms with Gasteiger partial charge >= 0.3 is 6.18 Å². The van der Waals surface area contributed by atoms with Crippen LogP contribution < -0.4 is 5.43 Å². The molecular weight excluding hydrogens is 337 g/mol. The fourth-order valence-corrected chi connectivity index (χ4v) is 2.67. The van der Waals surface area contributed by atoms with Crippen LogP contribution in [0.5, 0.6) is 0 Å². The van der Waals surface area contributed by atoms with E-state index in [1.807, 2.05) is 6.07 Å². The standard InChI is InChI=1S/C13H14BrF3N2O/c14-10-3-1-2-9(8-10)4-5-11(13(15,16)17)19-7-6-12(20)18-19/h1-3,8,11H,4-7H2,(H,18,20)/t11-/m0/s1. The predicted molar refractivity (Wildman–Crippen MR) is 71.8 cm³/mol. The van der Waals surface area contributed by atoms with Gasteiger partial charge in [0.2, 0.25) is 5.91 Å². The average molecular weight is 351 g/mol. The van der Waals surface area contributed by atoms with E-state index < -0.39 is 12.2 Å². The molecule has 1 heterocycles. The second-order valence-corrected chi connectivity index (χ2v) is 5.62. The van der Waals surface area contributed by atoms with E-state index in [-0.39, 0.29) is 25.3 Å². The molecule has 2 rings (SSSR count). The van der Waals surface area contributed by atoms with Gasteiger partial charge in [-0.15, -0.1) is 0 Å². The van der Waals surface area contributed by atoms with Gasteiger partial charge in [0, 0.05) is 17.4 Å². The first-order valence-electron chi connectivity index (χ1n) is 6.23. The predicted octanol–water partition coefficient (Wildman–Crippen LogP) is 3.05. The second-order valence-electron chi connectivity index (χ2n) is 4.70. The summed E-state index contributed by atoms with van der Waals surface area (Å²) in [6.45, 7) is 0.0987. The lowest BCUT2D eigenvalue weighted by Crippen LogP contribution is -2.50. The van der Waals surface area contributed by atoms with Crippen LogP contribution in [-0.2, 0) is 11.2 Å². The topological polar surface area (TPSA) is 32.3 Å². The summed E-state index contributed by atoms with van der Waals surface area (Å²) in [5.41, 5.74) is 3.11. The Labute approximate surface area is 123 Å². The molecule has 1 aromatic carbocycles. The third-order valence-electron chi connectivity index (χ3n) is 3.20. The molecule has 0 unspecified atom stereocenters. The molecule has 0 aromatic heterocycles. The molecule has 1 N–H and O–H groups in total. The summed E-state index contributed by atoms with van der Waals surface area (Å²) in [4.78, 5) is 11.1. The summed E-state index contributed by atoms with van der Waals surface area (Å²) in [6.07, 6.45) is -4.02. The summed E-state index contributed by atoms with van der Waals surface area (Å²) >= 11 is 3.29. The van der Waals surface area contributed by atoms with E-state index >= 15 is 0 Å². The third-order valence-corrected chi connectivity index (χ3v) is 3.69. The van der Waals surface area contributed by atoms with E-state index in [0.29, 0.717) is 6.42 Å². The zero-order valence-electron chi connectivity index (χ0n) is 10.6. The van der Waals surface area contributed by atoms with Crippen LogP contribution in [0.15, 0.2) is 28.7 Å².